The van der Waals surface area contributed by atoms with Gasteiger partial charge in [-0.3, -0.25) is 0 Å². The molecule has 4 heteroatoms. The lowest BCUT2D eigenvalue weighted by atomic mass is 10.2. The van der Waals surface area contributed by atoms with E-state index in [1.807, 2.05) is 30.6 Å². The molecule has 2 rings (SSSR count). The van der Waals surface area contributed by atoms with Crippen LogP contribution in [0, 0.1) is 5.92 Å². The molecule has 2 N–H and O–H groups in total. The molecule has 0 saturated heterocycles. The van der Waals surface area contributed by atoms with Crippen molar-refractivity contribution in [3.63, 3.8) is 0 Å². The number of nitrogens with zero attached hydrogens (tertiary/aromatic N) is 2. The third-order valence-corrected chi connectivity index (χ3v) is 3.43. The van der Waals surface area contributed by atoms with Crippen LogP contribution in [0.5, 0.6) is 0 Å². The summed E-state index contributed by atoms with van der Waals surface area (Å²) in [7, 11) is 0. The van der Waals surface area contributed by atoms with Crippen LogP contribution in [0.1, 0.15) is 25.2 Å². The first-order valence-corrected chi connectivity index (χ1v) is 7.09. The molecule has 2 aromatic rings. The first kappa shape index (κ1) is 14.1. The Bertz CT molecular complexity index is 520. The Labute approximate surface area is 119 Å². The number of benzene rings is 1. The zero-order valence-electron chi connectivity index (χ0n) is 11.5. The predicted octanol–water partition coefficient (Wildman–Crippen LogP) is 2.30. The Morgan fingerprint density at radius 3 is 2.84 bits per heavy atom. The summed E-state index contributed by atoms with van der Waals surface area (Å²) in [5.74, 6) is 1.80. The van der Waals surface area contributed by atoms with Crippen LogP contribution in [0.15, 0.2) is 36.7 Å². The van der Waals surface area contributed by atoms with Gasteiger partial charge in [0.15, 0.2) is 5.82 Å². The largest absolute Gasteiger partial charge is 0.340 e. The number of hydrogen-bond donors (Lipinski definition) is 1. The molecule has 0 aliphatic heterocycles. The number of nitrogens with two attached hydrogens (primary N) is 1. The quantitative estimate of drug-likeness (QED) is 0.864. The summed E-state index contributed by atoms with van der Waals surface area (Å²) in [5.41, 5.74) is 1.13. The highest BCUT2D eigenvalue weighted by Gasteiger charge is 2.07. The van der Waals surface area contributed by atoms with E-state index >= 15 is 0 Å². The zero-order chi connectivity index (χ0) is 13.7. The van der Waals surface area contributed by atoms with E-state index in [-0.39, 0.29) is 0 Å². The van der Waals surface area contributed by atoms with E-state index in [2.05, 4.69) is 34.8 Å². The van der Waals surface area contributed by atoms with Gasteiger partial charge in [0, 0.05) is 23.3 Å². The van der Waals surface area contributed by atoms with Crippen LogP contribution in [-0.2, 0) is 13.1 Å². The molecule has 1 aromatic carbocycles. The molecule has 0 bridgehead atoms. The molecular formula is C15H21ClN3+. The highest BCUT2D eigenvalue weighted by molar-refractivity contribution is 6.31. The van der Waals surface area contributed by atoms with E-state index in [1.54, 1.807) is 0 Å². The van der Waals surface area contributed by atoms with Crippen LogP contribution in [0.2, 0.25) is 5.02 Å². The van der Waals surface area contributed by atoms with Crippen molar-refractivity contribution in [3.05, 3.63) is 53.1 Å². The summed E-state index contributed by atoms with van der Waals surface area (Å²) in [6.07, 6.45) is 3.87. The molecule has 0 atom stereocenters. The highest BCUT2D eigenvalue weighted by Crippen LogP contribution is 2.16. The SMILES string of the molecule is CC(C)C[NH2+]Cc1nccn1Cc1ccccc1Cl. The van der Waals surface area contributed by atoms with Gasteiger partial charge in [0.25, 0.3) is 0 Å². The lowest BCUT2D eigenvalue weighted by molar-refractivity contribution is -0.676. The molecule has 0 unspecified atom stereocenters. The van der Waals surface area contributed by atoms with Crippen molar-refractivity contribution in [3.8, 4) is 0 Å². The molecule has 0 spiro atoms. The van der Waals surface area contributed by atoms with Gasteiger partial charge in [0.1, 0.15) is 6.54 Å². The van der Waals surface area contributed by atoms with Crippen LogP contribution in [0.4, 0.5) is 0 Å². The number of quaternary nitrogens is 1. The van der Waals surface area contributed by atoms with Gasteiger partial charge in [0.2, 0.25) is 0 Å². The predicted molar refractivity (Wildman–Crippen MR) is 78.1 cm³/mol. The van der Waals surface area contributed by atoms with Crippen molar-refractivity contribution in [2.24, 2.45) is 5.92 Å². The molecule has 0 saturated carbocycles. The number of aromatic nitrogens is 2. The number of halogens is 1. The van der Waals surface area contributed by atoms with Gasteiger partial charge in [-0.1, -0.05) is 43.6 Å². The maximum atomic E-state index is 6.20. The van der Waals surface area contributed by atoms with E-state index < -0.39 is 0 Å². The van der Waals surface area contributed by atoms with E-state index in [1.165, 1.54) is 0 Å². The van der Waals surface area contributed by atoms with Gasteiger partial charge in [-0.15, -0.1) is 0 Å². The molecule has 1 heterocycles. The first-order chi connectivity index (χ1) is 9.16. The fourth-order valence-corrected chi connectivity index (χ4v) is 2.23. The van der Waals surface area contributed by atoms with E-state index in [9.17, 15) is 0 Å². The van der Waals surface area contributed by atoms with E-state index in [0.29, 0.717) is 5.92 Å². The van der Waals surface area contributed by atoms with Crippen LogP contribution in [-0.4, -0.2) is 16.1 Å². The molecule has 0 fully saturated rings. The summed E-state index contributed by atoms with van der Waals surface area (Å²) in [5, 5.41) is 3.11. The smallest absolute Gasteiger partial charge is 0.164 e. The molecule has 1 aromatic heterocycles. The standard InChI is InChI=1S/C15H20ClN3/c1-12(2)9-17-10-15-18-7-8-19(15)11-13-5-3-4-6-14(13)16/h3-8,12,17H,9-11H2,1-2H3/p+1. The molecule has 0 radical (unpaired) electrons. The maximum absolute atomic E-state index is 6.20. The van der Waals surface area contributed by atoms with Crippen LogP contribution < -0.4 is 5.32 Å². The average Bonchev–Trinajstić information content (AvgIpc) is 2.79. The zero-order valence-corrected chi connectivity index (χ0v) is 12.3. The topological polar surface area (TPSA) is 34.4 Å². The fourth-order valence-electron chi connectivity index (χ4n) is 2.03. The Morgan fingerprint density at radius 2 is 2.11 bits per heavy atom. The molecule has 3 nitrogen and oxygen atoms in total. The number of imidazole rings is 1. The minimum Gasteiger partial charge on any atom is -0.340 e. The second kappa shape index (κ2) is 6.73. The van der Waals surface area contributed by atoms with Gasteiger partial charge in [-0.2, -0.15) is 0 Å². The first-order valence-electron chi connectivity index (χ1n) is 6.72. The molecule has 19 heavy (non-hydrogen) atoms. The maximum Gasteiger partial charge on any atom is 0.164 e. The minimum atomic E-state index is 0.701. The third-order valence-electron chi connectivity index (χ3n) is 3.07. The Morgan fingerprint density at radius 1 is 1.32 bits per heavy atom. The minimum absolute atomic E-state index is 0.701. The number of rotatable bonds is 6. The Kier molecular flexibility index (Phi) is 5.00. The molecule has 0 aliphatic carbocycles. The molecular weight excluding hydrogens is 258 g/mol. The van der Waals surface area contributed by atoms with Crippen LogP contribution >= 0.6 is 11.6 Å². The summed E-state index contributed by atoms with van der Waals surface area (Å²) < 4.78 is 2.16. The third kappa shape index (κ3) is 4.08. The summed E-state index contributed by atoms with van der Waals surface area (Å²) in [4.78, 5) is 4.43. The van der Waals surface area contributed by atoms with Gasteiger partial charge >= 0.3 is 0 Å². The van der Waals surface area contributed by atoms with Gasteiger partial charge in [-0.25, -0.2) is 4.98 Å². The van der Waals surface area contributed by atoms with Crippen molar-refractivity contribution in [2.75, 3.05) is 6.54 Å². The monoisotopic (exact) mass is 278 g/mol. The van der Waals surface area contributed by atoms with Crippen molar-refractivity contribution in [1.29, 1.82) is 0 Å². The lowest BCUT2D eigenvalue weighted by Crippen LogP contribution is -2.83. The molecule has 102 valence electrons. The normalized spacial score (nSPS) is 11.2. The summed E-state index contributed by atoms with van der Waals surface area (Å²) in [6.45, 7) is 7.28. The van der Waals surface area contributed by atoms with Gasteiger partial charge in [0.05, 0.1) is 13.1 Å². The number of hydrogen-bond acceptors (Lipinski definition) is 1. The average molecular weight is 279 g/mol. The van der Waals surface area contributed by atoms with Crippen molar-refractivity contribution < 1.29 is 5.32 Å². The van der Waals surface area contributed by atoms with Crippen molar-refractivity contribution >= 4 is 11.6 Å². The Balaban J connectivity index is 2.01. The summed E-state index contributed by atoms with van der Waals surface area (Å²) >= 11 is 6.20. The van der Waals surface area contributed by atoms with E-state index in [4.69, 9.17) is 11.6 Å². The molecule has 0 aliphatic rings. The Hall–Kier alpha value is -1.32. The second-order valence-corrected chi connectivity index (χ2v) is 5.59. The highest BCUT2D eigenvalue weighted by atomic mass is 35.5. The van der Waals surface area contributed by atoms with Crippen LogP contribution in [0.3, 0.4) is 0 Å². The van der Waals surface area contributed by atoms with Crippen molar-refractivity contribution in [2.45, 2.75) is 26.9 Å². The van der Waals surface area contributed by atoms with Gasteiger partial charge < -0.3 is 9.88 Å². The molecule has 0 amide bonds. The fraction of sp³-hybridized carbons (Fsp3) is 0.400. The second-order valence-electron chi connectivity index (χ2n) is 5.19. The summed E-state index contributed by atoms with van der Waals surface area (Å²) in [6, 6.07) is 7.96. The van der Waals surface area contributed by atoms with Crippen LogP contribution in [0.25, 0.3) is 0 Å². The lowest BCUT2D eigenvalue weighted by Gasteiger charge is -2.09. The van der Waals surface area contributed by atoms with Gasteiger partial charge in [-0.05, 0) is 11.6 Å². The van der Waals surface area contributed by atoms with E-state index in [0.717, 1.165) is 36.0 Å². The van der Waals surface area contributed by atoms with Crippen molar-refractivity contribution in [1.82, 2.24) is 9.55 Å².